The van der Waals surface area contributed by atoms with E-state index in [1.54, 1.807) is 24.5 Å². The highest BCUT2D eigenvalue weighted by molar-refractivity contribution is 5.47. The molecule has 1 atom stereocenters. The summed E-state index contributed by atoms with van der Waals surface area (Å²) in [5, 5.41) is 9.56. The van der Waals surface area contributed by atoms with Crippen molar-refractivity contribution in [3.8, 4) is 0 Å². The molecule has 1 unspecified atom stereocenters. The number of hydrogen-bond acceptors (Lipinski definition) is 3. The zero-order chi connectivity index (χ0) is 17.2. The minimum absolute atomic E-state index is 0.119. The van der Waals surface area contributed by atoms with Crippen molar-refractivity contribution in [2.45, 2.75) is 19.1 Å². The number of rotatable bonds is 4. The molecule has 0 spiro atoms. The Balaban J connectivity index is 2.05. The summed E-state index contributed by atoms with van der Waals surface area (Å²) in [6, 6.07) is 8.35. The molecule has 24 heavy (non-hydrogen) atoms. The van der Waals surface area contributed by atoms with Gasteiger partial charge in [0.05, 0.1) is 17.8 Å². The van der Waals surface area contributed by atoms with E-state index in [2.05, 4.69) is 20.5 Å². The van der Waals surface area contributed by atoms with E-state index in [0.29, 0.717) is 11.4 Å². The number of nitrogens with one attached hydrogen (secondary N) is 2. The topological polar surface area (TPSA) is 53.6 Å². The summed E-state index contributed by atoms with van der Waals surface area (Å²) in [7, 11) is 0. The third-order valence-electron chi connectivity index (χ3n) is 3.63. The molecule has 0 bridgehead atoms. The van der Waals surface area contributed by atoms with Crippen LogP contribution in [0.1, 0.15) is 28.3 Å². The highest BCUT2D eigenvalue weighted by atomic mass is 19.4. The summed E-state index contributed by atoms with van der Waals surface area (Å²) in [5.41, 5.74) is 0.995. The van der Waals surface area contributed by atoms with Gasteiger partial charge in [-0.3, -0.25) is 5.10 Å². The van der Waals surface area contributed by atoms with Gasteiger partial charge in [-0.2, -0.15) is 18.3 Å². The number of halogens is 3. The Labute approximate surface area is 136 Å². The van der Waals surface area contributed by atoms with Gasteiger partial charge in [0.25, 0.3) is 0 Å². The number of H-pyrrole nitrogens is 1. The van der Waals surface area contributed by atoms with E-state index in [1.165, 1.54) is 18.3 Å². The second-order valence-corrected chi connectivity index (χ2v) is 5.41. The highest BCUT2D eigenvalue weighted by Gasteiger charge is 2.35. The number of alkyl halides is 3. The minimum atomic E-state index is -4.44. The van der Waals surface area contributed by atoms with E-state index in [4.69, 9.17) is 0 Å². The first-order chi connectivity index (χ1) is 11.4. The predicted octanol–water partition coefficient (Wildman–Crippen LogP) is 4.33. The van der Waals surface area contributed by atoms with E-state index >= 15 is 0 Å². The van der Waals surface area contributed by atoms with Crippen molar-refractivity contribution in [1.82, 2.24) is 15.2 Å². The van der Waals surface area contributed by atoms with Crippen LogP contribution < -0.4 is 5.32 Å². The van der Waals surface area contributed by atoms with Gasteiger partial charge < -0.3 is 5.32 Å². The molecule has 0 amide bonds. The summed E-state index contributed by atoms with van der Waals surface area (Å²) < 4.78 is 40.1. The van der Waals surface area contributed by atoms with Crippen molar-refractivity contribution in [3.63, 3.8) is 0 Å². The van der Waals surface area contributed by atoms with Gasteiger partial charge in [0.2, 0.25) is 0 Å². The maximum Gasteiger partial charge on any atom is 0.416 e. The summed E-state index contributed by atoms with van der Waals surface area (Å²) >= 11 is 0. The summed E-state index contributed by atoms with van der Waals surface area (Å²) in [6.07, 6.45) is 0.281. The molecule has 0 aliphatic carbocycles. The van der Waals surface area contributed by atoms with E-state index in [-0.39, 0.29) is 5.56 Å². The SMILES string of the molecule is Cc1ccc(NC(c2cn[nH]c2)c2ccccc2C(F)(F)F)nc1. The average Bonchev–Trinajstić information content (AvgIpc) is 3.08. The zero-order valence-corrected chi connectivity index (χ0v) is 12.8. The smallest absolute Gasteiger partial charge is 0.359 e. The molecule has 4 nitrogen and oxygen atoms in total. The van der Waals surface area contributed by atoms with Crippen molar-refractivity contribution < 1.29 is 13.2 Å². The van der Waals surface area contributed by atoms with Crippen LogP contribution in [0.25, 0.3) is 0 Å². The Morgan fingerprint density at radius 1 is 1.08 bits per heavy atom. The number of aryl methyl sites for hydroxylation is 1. The molecule has 3 aromatic rings. The number of anilines is 1. The minimum Gasteiger partial charge on any atom is -0.359 e. The molecule has 3 rings (SSSR count). The Bertz CT molecular complexity index is 795. The van der Waals surface area contributed by atoms with Gasteiger partial charge in [-0.05, 0) is 30.2 Å². The Hall–Kier alpha value is -2.83. The monoisotopic (exact) mass is 332 g/mol. The zero-order valence-electron chi connectivity index (χ0n) is 12.8. The van der Waals surface area contributed by atoms with E-state index in [1.807, 2.05) is 13.0 Å². The van der Waals surface area contributed by atoms with Crippen LogP contribution in [0.5, 0.6) is 0 Å². The first-order valence-electron chi connectivity index (χ1n) is 7.29. The lowest BCUT2D eigenvalue weighted by atomic mass is 9.96. The van der Waals surface area contributed by atoms with Crippen LogP contribution in [-0.2, 0) is 6.18 Å². The number of benzene rings is 1. The van der Waals surface area contributed by atoms with Crippen molar-refractivity contribution >= 4 is 5.82 Å². The second kappa shape index (κ2) is 6.35. The Morgan fingerprint density at radius 2 is 1.88 bits per heavy atom. The molecule has 0 aliphatic rings. The fraction of sp³-hybridized carbons (Fsp3) is 0.176. The first kappa shape index (κ1) is 16.0. The molecule has 2 aromatic heterocycles. The van der Waals surface area contributed by atoms with Crippen LogP contribution in [0.4, 0.5) is 19.0 Å². The lowest BCUT2D eigenvalue weighted by Crippen LogP contribution is -2.18. The molecule has 0 saturated heterocycles. The standard InChI is InChI=1S/C17H15F3N4/c1-11-6-7-15(21-8-11)24-16(12-9-22-23-10-12)13-4-2-3-5-14(13)17(18,19)20/h2-10,16H,1H3,(H,21,24)(H,22,23). The van der Waals surface area contributed by atoms with E-state index in [9.17, 15) is 13.2 Å². The molecule has 0 saturated carbocycles. The molecule has 2 heterocycles. The van der Waals surface area contributed by atoms with Gasteiger partial charge in [0.1, 0.15) is 5.82 Å². The summed E-state index contributed by atoms with van der Waals surface area (Å²) in [5.74, 6) is 0.490. The fourth-order valence-electron chi connectivity index (χ4n) is 2.47. The number of pyridine rings is 1. The quantitative estimate of drug-likeness (QED) is 0.747. The maximum absolute atomic E-state index is 13.4. The van der Waals surface area contributed by atoms with Crippen molar-refractivity contribution in [1.29, 1.82) is 0 Å². The van der Waals surface area contributed by atoms with Crippen LogP contribution >= 0.6 is 0 Å². The number of aromatic nitrogens is 3. The van der Waals surface area contributed by atoms with Gasteiger partial charge in [-0.25, -0.2) is 4.98 Å². The van der Waals surface area contributed by atoms with Gasteiger partial charge in [-0.1, -0.05) is 24.3 Å². The molecule has 0 fully saturated rings. The molecule has 124 valence electrons. The summed E-state index contributed by atoms with van der Waals surface area (Å²) in [6.45, 7) is 1.89. The van der Waals surface area contributed by atoms with Crippen molar-refractivity contribution in [2.75, 3.05) is 5.32 Å². The predicted molar refractivity (Wildman–Crippen MR) is 84.5 cm³/mol. The largest absolute Gasteiger partial charge is 0.416 e. The average molecular weight is 332 g/mol. The van der Waals surface area contributed by atoms with Gasteiger partial charge in [0.15, 0.2) is 0 Å². The normalized spacial score (nSPS) is 12.8. The Morgan fingerprint density at radius 3 is 2.50 bits per heavy atom. The molecular weight excluding hydrogens is 317 g/mol. The van der Waals surface area contributed by atoms with Crippen LogP contribution in [0.15, 0.2) is 55.0 Å². The van der Waals surface area contributed by atoms with Crippen LogP contribution in [0.3, 0.4) is 0 Å². The third kappa shape index (κ3) is 3.40. The lowest BCUT2D eigenvalue weighted by Gasteiger charge is -2.22. The van der Waals surface area contributed by atoms with Crippen LogP contribution in [-0.4, -0.2) is 15.2 Å². The van der Waals surface area contributed by atoms with E-state index < -0.39 is 17.8 Å². The summed E-state index contributed by atoms with van der Waals surface area (Å²) in [4.78, 5) is 4.22. The Kier molecular flexibility index (Phi) is 4.24. The van der Waals surface area contributed by atoms with E-state index in [0.717, 1.165) is 11.6 Å². The van der Waals surface area contributed by atoms with Crippen LogP contribution in [0, 0.1) is 6.92 Å². The van der Waals surface area contributed by atoms with Gasteiger partial charge in [0, 0.05) is 18.0 Å². The third-order valence-corrected chi connectivity index (χ3v) is 3.63. The van der Waals surface area contributed by atoms with Crippen LogP contribution in [0.2, 0.25) is 0 Å². The molecule has 0 aliphatic heterocycles. The number of hydrogen-bond donors (Lipinski definition) is 2. The molecule has 0 radical (unpaired) electrons. The van der Waals surface area contributed by atoms with Gasteiger partial charge >= 0.3 is 6.18 Å². The highest BCUT2D eigenvalue weighted by Crippen LogP contribution is 2.37. The second-order valence-electron chi connectivity index (χ2n) is 5.41. The maximum atomic E-state index is 13.4. The first-order valence-corrected chi connectivity index (χ1v) is 7.29. The van der Waals surface area contributed by atoms with Crippen molar-refractivity contribution in [3.05, 3.63) is 77.2 Å². The molecule has 7 heteroatoms. The fourth-order valence-corrected chi connectivity index (χ4v) is 2.47. The molecule has 2 N–H and O–H groups in total. The lowest BCUT2D eigenvalue weighted by molar-refractivity contribution is -0.138. The van der Waals surface area contributed by atoms with Crippen molar-refractivity contribution in [2.24, 2.45) is 0 Å². The molecular formula is C17H15F3N4. The number of nitrogens with zero attached hydrogens (tertiary/aromatic N) is 2. The number of aromatic amines is 1. The molecule has 1 aromatic carbocycles. The van der Waals surface area contributed by atoms with Gasteiger partial charge in [-0.15, -0.1) is 0 Å².